The molecular weight excluding hydrogens is 232 g/mol. The standard InChI is InChI=1S/C13H22N2O3/c1-13(2)9-10(13)12(17)15(11(9)16)7-4-5-14-6-8-18-3/h9-10,14H,4-8H2,1-3H3. The number of carbonyl (C=O) groups excluding carboxylic acids is 2. The van der Waals surface area contributed by atoms with Crippen LogP contribution in [-0.4, -0.2) is 50.1 Å². The molecule has 0 aromatic heterocycles. The van der Waals surface area contributed by atoms with E-state index in [0.29, 0.717) is 13.2 Å². The minimum absolute atomic E-state index is 0.0342. The molecule has 5 nitrogen and oxygen atoms in total. The van der Waals surface area contributed by atoms with Crippen molar-refractivity contribution in [3.05, 3.63) is 0 Å². The summed E-state index contributed by atoms with van der Waals surface area (Å²) in [5.41, 5.74) is -0.0959. The Morgan fingerprint density at radius 2 is 1.83 bits per heavy atom. The van der Waals surface area contributed by atoms with Gasteiger partial charge in [0.1, 0.15) is 0 Å². The normalized spacial score (nSPS) is 28.7. The third kappa shape index (κ3) is 2.17. The molecule has 2 amide bonds. The highest BCUT2D eigenvalue weighted by molar-refractivity contribution is 6.10. The molecule has 2 atom stereocenters. The van der Waals surface area contributed by atoms with Gasteiger partial charge in [0.25, 0.3) is 0 Å². The van der Waals surface area contributed by atoms with Crippen LogP contribution in [0.25, 0.3) is 0 Å². The molecule has 2 fully saturated rings. The van der Waals surface area contributed by atoms with Crippen LogP contribution < -0.4 is 5.32 Å². The van der Waals surface area contributed by atoms with E-state index in [1.165, 1.54) is 4.90 Å². The van der Waals surface area contributed by atoms with E-state index in [9.17, 15) is 9.59 Å². The molecule has 2 aliphatic rings. The fourth-order valence-electron chi connectivity index (χ4n) is 2.89. The smallest absolute Gasteiger partial charge is 0.233 e. The maximum absolute atomic E-state index is 12.0. The average Bonchev–Trinajstić information content (AvgIpc) is 2.78. The van der Waals surface area contributed by atoms with Crippen molar-refractivity contribution in [1.29, 1.82) is 0 Å². The summed E-state index contributed by atoms with van der Waals surface area (Å²) in [5.74, 6) is -0.0308. The Hall–Kier alpha value is -0.940. The third-order valence-electron chi connectivity index (χ3n) is 4.11. The van der Waals surface area contributed by atoms with Crippen LogP contribution in [0.15, 0.2) is 0 Å². The molecule has 0 aromatic rings. The van der Waals surface area contributed by atoms with Gasteiger partial charge in [-0.05, 0) is 18.4 Å². The molecule has 1 saturated carbocycles. The van der Waals surface area contributed by atoms with E-state index in [-0.39, 0.29) is 29.1 Å². The SMILES string of the molecule is COCCNCCCN1C(=O)C2C(C1=O)C2(C)C. The van der Waals surface area contributed by atoms with Crippen LogP contribution in [0.5, 0.6) is 0 Å². The molecular formula is C13H22N2O3. The fraction of sp³-hybridized carbons (Fsp3) is 0.846. The molecule has 0 spiro atoms. The molecule has 0 radical (unpaired) electrons. The fourth-order valence-corrected chi connectivity index (χ4v) is 2.89. The molecule has 2 rings (SSSR count). The van der Waals surface area contributed by atoms with Gasteiger partial charge in [-0.3, -0.25) is 14.5 Å². The molecule has 2 unspecified atom stereocenters. The number of nitrogens with one attached hydrogen (secondary N) is 1. The van der Waals surface area contributed by atoms with Gasteiger partial charge in [-0.25, -0.2) is 0 Å². The maximum atomic E-state index is 12.0. The first-order valence-electron chi connectivity index (χ1n) is 6.56. The third-order valence-corrected chi connectivity index (χ3v) is 4.11. The molecule has 0 aromatic carbocycles. The molecule has 1 heterocycles. The summed E-state index contributed by atoms with van der Waals surface area (Å²) >= 11 is 0. The van der Waals surface area contributed by atoms with Gasteiger partial charge in [0.15, 0.2) is 0 Å². The lowest BCUT2D eigenvalue weighted by atomic mass is 10.1. The van der Waals surface area contributed by atoms with Crippen molar-refractivity contribution < 1.29 is 14.3 Å². The highest BCUT2D eigenvalue weighted by Crippen LogP contribution is 2.63. The molecule has 1 aliphatic heterocycles. The molecule has 0 bridgehead atoms. The minimum Gasteiger partial charge on any atom is -0.383 e. The van der Waals surface area contributed by atoms with E-state index in [4.69, 9.17) is 4.74 Å². The van der Waals surface area contributed by atoms with Crippen LogP contribution >= 0.6 is 0 Å². The molecule has 1 aliphatic carbocycles. The first-order valence-corrected chi connectivity index (χ1v) is 6.56. The van der Waals surface area contributed by atoms with E-state index in [1.807, 2.05) is 13.8 Å². The lowest BCUT2D eigenvalue weighted by Crippen LogP contribution is -2.38. The lowest BCUT2D eigenvalue weighted by molar-refractivity contribution is -0.143. The number of hydrogen-bond acceptors (Lipinski definition) is 4. The number of hydrogen-bond donors (Lipinski definition) is 1. The van der Waals surface area contributed by atoms with Gasteiger partial charge in [0.05, 0.1) is 18.4 Å². The van der Waals surface area contributed by atoms with E-state index in [0.717, 1.165) is 19.5 Å². The van der Waals surface area contributed by atoms with E-state index < -0.39 is 0 Å². The van der Waals surface area contributed by atoms with E-state index in [1.54, 1.807) is 7.11 Å². The number of imide groups is 1. The van der Waals surface area contributed by atoms with Crippen molar-refractivity contribution in [3.8, 4) is 0 Å². The van der Waals surface area contributed by atoms with Crippen LogP contribution in [0, 0.1) is 17.3 Å². The Morgan fingerprint density at radius 3 is 2.39 bits per heavy atom. The average molecular weight is 254 g/mol. The number of rotatable bonds is 7. The highest BCUT2D eigenvalue weighted by Gasteiger charge is 2.72. The summed E-state index contributed by atoms with van der Waals surface area (Å²) in [6.07, 6.45) is 0.807. The number of methoxy groups -OCH3 is 1. The van der Waals surface area contributed by atoms with Crippen LogP contribution in [0.4, 0.5) is 0 Å². The summed E-state index contributed by atoms with van der Waals surface area (Å²) in [4.78, 5) is 25.5. The Labute approximate surface area is 108 Å². The monoisotopic (exact) mass is 254 g/mol. The van der Waals surface area contributed by atoms with Crippen molar-refractivity contribution in [2.75, 3.05) is 33.4 Å². The summed E-state index contributed by atoms with van der Waals surface area (Å²) in [7, 11) is 1.66. The van der Waals surface area contributed by atoms with Gasteiger partial charge in [0.2, 0.25) is 11.8 Å². The summed E-state index contributed by atoms with van der Waals surface area (Å²) in [6, 6.07) is 0. The van der Waals surface area contributed by atoms with Crippen molar-refractivity contribution >= 4 is 11.8 Å². The first kappa shape index (κ1) is 13.5. The van der Waals surface area contributed by atoms with Crippen LogP contribution in [0.3, 0.4) is 0 Å². The number of fused-ring (bicyclic) bond motifs is 1. The van der Waals surface area contributed by atoms with Crippen molar-refractivity contribution in [3.63, 3.8) is 0 Å². The largest absolute Gasteiger partial charge is 0.383 e. The minimum atomic E-state index is -0.0959. The molecule has 1 saturated heterocycles. The number of ether oxygens (including phenoxy) is 1. The zero-order valence-corrected chi connectivity index (χ0v) is 11.4. The second-order valence-electron chi connectivity index (χ2n) is 5.70. The van der Waals surface area contributed by atoms with Gasteiger partial charge in [-0.2, -0.15) is 0 Å². The number of nitrogens with zero attached hydrogens (tertiary/aromatic N) is 1. The maximum Gasteiger partial charge on any atom is 0.233 e. The number of amides is 2. The van der Waals surface area contributed by atoms with Gasteiger partial charge in [-0.15, -0.1) is 0 Å². The van der Waals surface area contributed by atoms with Crippen molar-refractivity contribution in [2.45, 2.75) is 20.3 Å². The van der Waals surface area contributed by atoms with Crippen molar-refractivity contribution in [1.82, 2.24) is 10.2 Å². The van der Waals surface area contributed by atoms with E-state index >= 15 is 0 Å². The Morgan fingerprint density at radius 1 is 1.22 bits per heavy atom. The Bertz CT molecular complexity index is 330. The van der Waals surface area contributed by atoms with E-state index in [2.05, 4.69) is 5.32 Å². The van der Waals surface area contributed by atoms with Gasteiger partial charge >= 0.3 is 0 Å². The molecule has 102 valence electrons. The summed E-state index contributed by atoms with van der Waals surface area (Å²) in [5, 5.41) is 3.20. The zero-order valence-electron chi connectivity index (χ0n) is 11.4. The second kappa shape index (κ2) is 4.97. The lowest BCUT2D eigenvalue weighted by Gasteiger charge is -2.20. The first-order chi connectivity index (χ1) is 8.51. The van der Waals surface area contributed by atoms with Crippen molar-refractivity contribution in [2.24, 2.45) is 17.3 Å². The highest BCUT2D eigenvalue weighted by atomic mass is 16.5. The topological polar surface area (TPSA) is 58.6 Å². The molecule has 18 heavy (non-hydrogen) atoms. The Kier molecular flexibility index (Phi) is 3.73. The van der Waals surface area contributed by atoms with Crippen LogP contribution in [0.2, 0.25) is 0 Å². The number of carbonyl (C=O) groups is 2. The van der Waals surface area contributed by atoms with Gasteiger partial charge in [0, 0.05) is 20.2 Å². The molecule has 1 N–H and O–H groups in total. The van der Waals surface area contributed by atoms with Crippen LogP contribution in [0.1, 0.15) is 20.3 Å². The predicted octanol–water partition coefficient (Wildman–Crippen LogP) is 0.253. The quantitative estimate of drug-likeness (QED) is 0.523. The number of piperidine rings is 1. The van der Waals surface area contributed by atoms with Crippen LogP contribution in [-0.2, 0) is 14.3 Å². The Balaban J connectivity index is 1.70. The molecule has 5 heteroatoms. The summed E-state index contributed by atoms with van der Waals surface area (Å²) < 4.78 is 4.92. The predicted molar refractivity (Wildman–Crippen MR) is 66.8 cm³/mol. The zero-order chi connectivity index (χ0) is 13.3. The summed E-state index contributed by atoms with van der Waals surface area (Å²) in [6.45, 7) is 6.83. The second-order valence-corrected chi connectivity index (χ2v) is 5.70. The van der Waals surface area contributed by atoms with Gasteiger partial charge in [-0.1, -0.05) is 13.8 Å². The number of likely N-dealkylation sites (tertiary alicyclic amines) is 1. The van der Waals surface area contributed by atoms with Gasteiger partial charge < -0.3 is 10.1 Å².